The molecule has 1 amide bonds. The predicted octanol–water partition coefficient (Wildman–Crippen LogP) is 2.43. The number of nitrogens with one attached hydrogen (secondary N) is 1. The monoisotopic (exact) mass is 279 g/mol. The zero-order chi connectivity index (χ0) is 11.5. The van der Waals surface area contributed by atoms with E-state index < -0.39 is 0 Å². The fourth-order valence-corrected chi connectivity index (χ4v) is 1.55. The summed E-state index contributed by atoms with van der Waals surface area (Å²) in [4.78, 5) is 11.8. The van der Waals surface area contributed by atoms with Crippen molar-refractivity contribution < 1.29 is 4.79 Å². The fourth-order valence-electron chi connectivity index (χ4n) is 1.29. The lowest BCUT2D eigenvalue weighted by Gasteiger charge is -2.01. The SMILES string of the molecule is Cn1cc(NC(=O)c2ccc(Br)cc2)cn1. The van der Waals surface area contributed by atoms with Crippen LogP contribution in [0.4, 0.5) is 5.69 Å². The molecular formula is C11H10BrN3O. The molecule has 5 heteroatoms. The van der Waals surface area contributed by atoms with Gasteiger partial charge in [-0.1, -0.05) is 15.9 Å². The van der Waals surface area contributed by atoms with E-state index in [9.17, 15) is 4.79 Å². The predicted molar refractivity (Wildman–Crippen MR) is 65.3 cm³/mol. The van der Waals surface area contributed by atoms with Gasteiger partial charge in [-0.15, -0.1) is 0 Å². The van der Waals surface area contributed by atoms with Crippen LogP contribution in [0.3, 0.4) is 0 Å². The highest BCUT2D eigenvalue weighted by molar-refractivity contribution is 9.10. The highest BCUT2D eigenvalue weighted by Crippen LogP contribution is 2.12. The normalized spacial score (nSPS) is 10.1. The summed E-state index contributed by atoms with van der Waals surface area (Å²) in [7, 11) is 1.80. The van der Waals surface area contributed by atoms with Gasteiger partial charge in [-0.25, -0.2) is 0 Å². The molecule has 0 aliphatic heterocycles. The maximum absolute atomic E-state index is 11.8. The van der Waals surface area contributed by atoms with Crippen molar-refractivity contribution in [1.29, 1.82) is 0 Å². The zero-order valence-corrected chi connectivity index (χ0v) is 10.2. The summed E-state index contributed by atoms with van der Waals surface area (Å²) in [5.74, 6) is -0.138. The molecule has 82 valence electrons. The van der Waals surface area contributed by atoms with E-state index in [1.807, 2.05) is 12.1 Å². The smallest absolute Gasteiger partial charge is 0.255 e. The average Bonchev–Trinajstić information content (AvgIpc) is 2.65. The van der Waals surface area contributed by atoms with Gasteiger partial charge in [0.05, 0.1) is 11.9 Å². The van der Waals surface area contributed by atoms with Crippen LogP contribution < -0.4 is 5.32 Å². The molecule has 1 heterocycles. The van der Waals surface area contributed by atoms with Crippen LogP contribution in [-0.4, -0.2) is 15.7 Å². The second kappa shape index (κ2) is 4.49. The number of carbonyl (C=O) groups excluding carboxylic acids is 1. The van der Waals surface area contributed by atoms with Gasteiger partial charge >= 0.3 is 0 Å². The van der Waals surface area contributed by atoms with Crippen LogP contribution in [0.5, 0.6) is 0 Å². The number of aryl methyl sites for hydroxylation is 1. The number of benzene rings is 1. The maximum atomic E-state index is 11.8. The number of nitrogens with zero attached hydrogens (tertiary/aromatic N) is 2. The summed E-state index contributed by atoms with van der Waals surface area (Å²) in [5, 5.41) is 6.73. The molecule has 1 aromatic heterocycles. The summed E-state index contributed by atoms with van der Waals surface area (Å²) in [6.07, 6.45) is 3.35. The third kappa shape index (κ3) is 2.49. The standard InChI is InChI=1S/C11H10BrN3O/c1-15-7-10(6-13-15)14-11(16)8-2-4-9(12)5-3-8/h2-7H,1H3,(H,14,16). The third-order valence-corrected chi connectivity index (χ3v) is 2.60. The minimum Gasteiger partial charge on any atom is -0.319 e. The molecule has 1 aromatic carbocycles. The van der Waals surface area contributed by atoms with E-state index in [0.29, 0.717) is 11.3 Å². The largest absolute Gasteiger partial charge is 0.319 e. The number of carbonyl (C=O) groups is 1. The second-order valence-electron chi connectivity index (χ2n) is 3.36. The number of halogens is 1. The Morgan fingerprint density at radius 2 is 2.06 bits per heavy atom. The van der Waals surface area contributed by atoms with Crippen LogP contribution in [0.25, 0.3) is 0 Å². The molecule has 0 fully saturated rings. The molecule has 0 atom stereocenters. The molecule has 2 rings (SSSR count). The van der Waals surface area contributed by atoms with Gasteiger partial charge in [-0.2, -0.15) is 5.10 Å². The average molecular weight is 280 g/mol. The molecular weight excluding hydrogens is 270 g/mol. The number of aromatic nitrogens is 2. The van der Waals surface area contributed by atoms with Gasteiger partial charge in [-0.3, -0.25) is 9.48 Å². The minimum atomic E-state index is -0.138. The number of amides is 1. The Labute approximate surface area is 101 Å². The lowest BCUT2D eigenvalue weighted by Crippen LogP contribution is -2.11. The van der Waals surface area contributed by atoms with Crippen molar-refractivity contribution in [3.8, 4) is 0 Å². The third-order valence-electron chi connectivity index (χ3n) is 2.07. The van der Waals surface area contributed by atoms with Gasteiger partial charge in [0, 0.05) is 23.3 Å². The zero-order valence-electron chi connectivity index (χ0n) is 8.64. The Morgan fingerprint density at radius 3 is 2.62 bits per heavy atom. The quantitative estimate of drug-likeness (QED) is 0.918. The van der Waals surface area contributed by atoms with Crippen LogP contribution in [0.1, 0.15) is 10.4 Å². The van der Waals surface area contributed by atoms with Crippen LogP contribution in [0.2, 0.25) is 0 Å². The molecule has 0 bridgehead atoms. The first-order valence-electron chi connectivity index (χ1n) is 4.71. The van der Waals surface area contributed by atoms with Gasteiger partial charge in [0.15, 0.2) is 0 Å². The van der Waals surface area contributed by atoms with E-state index in [1.54, 1.807) is 36.3 Å². The Bertz CT molecular complexity index is 504. The first-order chi connectivity index (χ1) is 7.65. The van der Waals surface area contributed by atoms with Crippen molar-refractivity contribution in [2.75, 3.05) is 5.32 Å². The Kier molecular flexibility index (Phi) is 3.05. The van der Waals surface area contributed by atoms with Crippen molar-refractivity contribution >= 4 is 27.5 Å². The molecule has 0 aliphatic carbocycles. The van der Waals surface area contributed by atoms with Gasteiger partial charge < -0.3 is 5.32 Å². The van der Waals surface area contributed by atoms with Crippen LogP contribution >= 0.6 is 15.9 Å². The fraction of sp³-hybridized carbons (Fsp3) is 0.0909. The number of rotatable bonds is 2. The number of hydrogen-bond acceptors (Lipinski definition) is 2. The van der Waals surface area contributed by atoms with Crippen molar-refractivity contribution in [2.24, 2.45) is 7.05 Å². The van der Waals surface area contributed by atoms with Crippen molar-refractivity contribution in [1.82, 2.24) is 9.78 Å². The summed E-state index contributed by atoms with van der Waals surface area (Å²) in [6, 6.07) is 7.18. The highest BCUT2D eigenvalue weighted by Gasteiger charge is 2.06. The second-order valence-corrected chi connectivity index (χ2v) is 4.28. The molecule has 0 saturated heterocycles. The van der Waals surface area contributed by atoms with Crippen molar-refractivity contribution in [3.63, 3.8) is 0 Å². The molecule has 0 aliphatic rings. The molecule has 16 heavy (non-hydrogen) atoms. The summed E-state index contributed by atoms with van der Waals surface area (Å²) < 4.78 is 2.59. The van der Waals surface area contributed by atoms with Gasteiger partial charge in [-0.05, 0) is 24.3 Å². The van der Waals surface area contributed by atoms with Gasteiger partial charge in [0.25, 0.3) is 5.91 Å². The summed E-state index contributed by atoms with van der Waals surface area (Å²) >= 11 is 3.32. The molecule has 1 N–H and O–H groups in total. The molecule has 0 unspecified atom stereocenters. The lowest BCUT2D eigenvalue weighted by atomic mass is 10.2. The molecule has 4 nitrogen and oxygen atoms in total. The van der Waals surface area contributed by atoms with E-state index >= 15 is 0 Å². The van der Waals surface area contributed by atoms with E-state index in [2.05, 4.69) is 26.3 Å². The van der Waals surface area contributed by atoms with Gasteiger partial charge in [0.2, 0.25) is 0 Å². The topological polar surface area (TPSA) is 46.9 Å². The van der Waals surface area contributed by atoms with E-state index in [4.69, 9.17) is 0 Å². The van der Waals surface area contributed by atoms with E-state index in [-0.39, 0.29) is 5.91 Å². The lowest BCUT2D eigenvalue weighted by molar-refractivity contribution is 0.102. The van der Waals surface area contributed by atoms with Gasteiger partial charge in [0.1, 0.15) is 0 Å². The van der Waals surface area contributed by atoms with Crippen LogP contribution in [0.15, 0.2) is 41.1 Å². The highest BCUT2D eigenvalue weighted by atomic mass is 79.9. The van der Waals surface area contributed by atoms with E-state index in [1.165, 1.54) is 0 Å². The number of hydrogen-bond donors (Lipinski definition) is 1. The summed E-state index contributed by atoms with van der Waals surface area (Å²) in [6.45, 7) is 0. The first-order valence-corrected chi connectivity index (χ1v) is 5.50. The Balaban J connectivity index is 2.11. The Morgan fingerprint density at radius 1 is 1.38 bits per heavy atom. The van der Waals surface area contributed by atoms with Crippen LogP contribution in [-0.2, 0) is 7.05 Å². The Hall–Kier alpha value is -1.62. The maximum Gasteiger partial charge on any atom is 0.255 e. The van der Waals surface area contributed by atoms with E-state index in [0.717, 1.165) is 4.47 Å². The molecule has 0 spiro atoms. The first kappa shape index (κ1) is 10.9. The van der Waals surface area contributed by atoms with Crippen molar-refractivity contribution in [2.45, 2.75) is 0 Å². The molecule has 0 saturated carbocycles. The number of anilines is 1. The van der Waals surface area contributed by atoms with Crippen LogP contribution in [0, 0.1) is 0 Å². The minimum absolute atomic E-state index is 0.138. The summed E-state index contributed by atoms with van der Waals surface area (Å²) in [5.41, 5.74) is 1.31. The van der Waals surface area contributed by atoms with Crippen molar-refractivity contribution in [3.05, 3.63) is 46.7 Å². The molecule has 2 aromatic rings. The molecule has 0 radical (unpaired) electrons.